The molecule has 5 heteroatoms. The van der Waals surface area contributed by atoms with Crippen LogP contribution in [0, 0.1) is 12.8 Å². The van der Waals surface area contributed by atoms with Crippen molar-refractivity contribution < 1.29 is 4.79 Å². The van der Waals surface area contributed by atoms with E-state index in [1.54, 1.807) is 0 Å². The summed E-state index contributed by atoms with van der Waals surface area (Å²) in [4.78, 5) is 12.4. The van der Waals surface area contributed by atoms with Crippen molar-refractivity contribution in [2.75, 3.05) is 5.32 Å². The van der Waals surface area contributed by atoms with Crippen LogP contribution < -0.4 is 10.6 Å². The number of anilines is 1. The second-order valence-corrected chi connectivity index (χ2v) is 6.86. The molecule has 1 aliphatic carbocycles. The van der Waals surface area contributed by atoms with Gasteiger partial charge in [0.05, 0.1) is 6.04 Å². The van der Waals surface area contributed by atoms with Gasteiger partial charge in [0.25, 0.3) is 0 Å². The van der Waals surface area contributed by atoms with Gasteiger partial charge in [-0.3, -0.25) is 4.79 Å². The fraction of sp³-hybridized carbons (Fsp3) is 0.562. The average Bonchev–Trinajstić information content (AvgIpc) is 2.88. The Kier molecular flexibility index (Phi) is 5.69. The van der Waals surface area contributed by atoms with Crippen molar-refractivity contribution in [3.05, 3.63) is 28.2 Å². The van der Waals surface area contributed by atoms with Gasteiger partial charge in [-0.25, -0.2) is 0 Å². The first-order chi connectivity index (χ1) is 9.65. The number of hydrogen-bond acceptors (Lipinski definition) is 2. The molecule has 1 aliphatic heterocycles. The van der Waals surface area contributed by atoms with Crippen LogP contribution in [0.5, 0.6) is 0 Å². The highest BCUT2D eigenvalue weighted by atomic mass is 79.9. The van der Waals surface area contributed by atoms with E-state index >= 15 is 0 Å². The lowest BCUT2D eigenvalue weighted by atomic mass is 9.85. The molecule has 3 unspecified atom stereocenters. The predicted molar refractivity (Wildman–Crippen MR) is 92.0 cm³/mol. The van der Waals surface area contributed by atoms with Gasteiger partial charge in [-0.05, 0) is 49.8 Å². The maximum atomic E-state index is 12.4. The summed E-state index contributed by atoms with van der Waals surface area (Å²) < 4.78 is 1.03. The van der Waals surface area contributed by atoms with Crippen LogP contribution in [0.1, 0.15) is 37.7 Å². The molecule has 2 fully saturated rings. The molecular formula is C16H22BrClN2O. The molecule has 3 rings (SSSR count). The maximum absolute atomic E-state index is 12.4. The molecule has 0 radical (unpaired) electrons. The molecule has 116 valence electrons. The van der Waals surface area contributed by atoms with E-state index in [2.05, 4.69) is 26.6 Å². The minimum absolute atomic E-state index is 0. The number of carbonyl (C=O) groups is 1. The van der Waals surface area contributed by atoms with Crippen molar-refractivity contribution in [3.63, 3.8) is 0 Å². The van der Waals surface area contributed by atoms with Gasteiger partial charge in [0.1, 0.15) is 0 Å². The first-order valence-electron chi connectivity index (χ1n) is 7.47. The summed E-state index contributed by atoms with van der Waals surface area (Å²) in [6, 6.07) is 6.44. The topological polar surface area (TPSA) is 41.1 Å². The van der Waals surface area contributed by atoms with Gasteiger partial charge in [0.2, 0.25) is 5.91 Å². The Hall–Kier alpha value is -0.580. The zero-order chi connectivity index (χ0) is 14.1. The lowest BCUT2D eigenvalue weighted by Gasteiger charge is -2.24. The fourth-order valence-electron chi connectivity index (χ4n) is 3.48. The number of rotatable bonds is 2. The van der Waals surface area contributed by atoms with Crippen LogP contribution in [0.25, 0.3) is 0 Å². The zero-order valence-corrected chi connectivity index (χ0v) is 14.6. The van der Waals surface area contributed by atoms with Crippen LogP contribution in [-0.4, -0.2) is 18.0 Å². The standard InChI is InChI=1S/C16H21BrN2O.ClH/c1-10-12(17)6-4-8-13(10)19-16(20)15-9-11-5-2-3-7-14(11)18-15;/h4,6,8,11,14-15,18H,2-3,5,7,9H2,1H3,(H,19,20);1H. The molecule has 1 saturated carbocycles. The summed E-state index contributed by atoms with van der Waals surface area (Å²) in [5.41, 5.74) is 1.98. The largest absolute Gasteiger partial charge is 0.324 e. The van der Waals surface area contributed by atoms with E-state index in [-0.39, 0.29) is 24.4 Å². The van der Waals surface area contributed by atoms with Crippen LogP contribution in [0.2, 0.25) is 0 Å². The van der Waals surface area contributed by atoms with E-state index in [1.165, 1.54) is 25.7 Å². The van der Waals surface area contributed by atoms with Gasteiger partial charge in [-0.1, -0.05) is 34.8 Å². The number of halogens is 2. The second kappa shape index (κ2) is 7.12. The molecule has 0 aromatic heterocycles. The van der Waals surface area contributed by atoms with Crippen molar-refractivity contribution in [2.24, 2.45) is 5.92 Å². The Morgan fingerprint density at radius 2 is 2.10 bits per heavy atom. The van der Waals surface area contributed by atoms with Crippen LogP contribution >= 0.6 is 28.3 Å². The quantitative estimate of drug-likeness (QED) is 0.821. The van der Waals surface area contributed by atoms with Crippen LogP contribution in [0.4, 0.5) is 5.69 Å². The Balaban J connectivity index is 0.00000161. The van der Waals surface area contributed by atoms with Crippen molar-refractivity contribution >= 4 is 39.9 Å². The van der Waals surface area contributed by atoms with Crippen LogP contribution in [-0.2, 0) is 4.79 Å². The molecule has 0 spiro atoms. The molecule has 21 heavy (non-hydrogen) atoms. The number of nitrogens with one attached hydrogen (secondary N) is 2. The summed E-state index contributed by atoms with van der Waals surface area (Å²) in [6.45, 7) is 2.02. The summed E-state index contributed by atoms with van der Waals surface area (Å²) in [7, 11) is 0. The van der Waals surface area contributed by atoms with Crippen molar-refractivity contribution in [1.29, 1.82) is 0 Å². The summed E-state index contributed by atoms with van der Waals surface area (Å²) in [5, 5.41) is 6.59. The third-order valence-corrected chi connectivity index (χ3v) is 5.56. The van der Waals surface area contributed by atoms with Crippen molar-refractivity contribution in [2.45, 2.75) is 51.1 Å². The normalized spacial score (nSPS) is 27.6. The molecule has 3 atom stereocenters. The summed E-state index contributed by atoms with van der Waals surface area (Å²) in [6.07, 6.45) is 6.11. The first-order valence-corrected chi connectivity index (χ1v) is 8.26. The third-order valence-electron chi connectivity index (χ3n) is 4.70. The molecule has 0 bridgehead atoms. The Morgan fingerprint density at radius 3 is 2.86 bits per heavy atom. The Bertz CT molecular complexity index is 509. The number of amides is 1. The molecule has 1 heterocycles. The Labute approximate surface area is 140 Å². The molecular weight excluding hydrogens is 352 g/mol. The highest BCUT2D eigenvalue weighted by Gasteiger charge is 2.38. The van der Waals surface area contributed by atoms with E-state index in [4.69, 9.17) is 0 Å². The van der Waals surface area contributed by atoms with E-state index in [1.807, 2.05) is 25.1 Å². The van der Waals surface area contributed by atoms with E-state index < -0.39 is 0 Å². The SMILES string of the molecule is Cc1c(Br)cccc1NC(=O)C1CC2CCCCC2N1.Cl. The average molecular weight is 374 g/mol. The van der Waals surface area contributed by atoms with Crippen LogP contribution in [0.3, 0.4) is 0 Å². The summed E-state index contributed by atoms with van der Waals surface area (Å²) >= 11 is 3.50. The number of hydrogen-bond donors (Lipinski definition) is 2. The highest BCUT2D eigenvalue weighted by molar-refractivity contribution is 9.10. The molecule has 3 nitrogen and oxygen atoms in total. The van der Waals surface area contributed by atoms with E-state index in [9.17, 15) is 4.79 Å². The van der Waals surface area contributed by atoms with Gasteiger partial charge in [0.15, 0.2) is 0 Å². The van der Waals surface area contributed by atoms with Crippen molar-refractivity contribution in [3.8, 4) is 0 Å². The minimum atomic E-state index is -0.0264. The maximum Gasteiger partial charge on any atom is 0.241 e. The highest BCUT2D eigenvalue weighted by Crippen LogP contribution is 2.33. The lowest BCUT2D eigenvalue weighted by molar-refractivity contribution is -0.117. The van der Waals surface area contributed by atoms with Gasteiger partial charge < -0.3 is 10.6 Å². The fourth-order valence-corrected chi connectivity index (χ4v) is 3.85. The second-order valence-electron chi connectivity index (χ2n) is 6.01. The third kappa shape index (κ3) is 3.61. The van der Waals surface area contributed by atoms with Gasteiger partial charge >= 0.3 is 0 Å². The number of carbonyl (C=O) groups excluding carboxylic acids is 1. The minimum Gasteiger partial charge on any atom is -0.324 e. The van der Waals surface area contributed by atoms with Gasteiger partial charge in [0, 0.05) is 16.2 Å². The molecule has 2 N–H and O–H groups in total. The predicted octanol–water partition coefficient (Wildman–Crippen LogP) is 4.04. The number of fused-ring (bicyclic) bond motifs is 1. The molecule has 1 amide bonds. The van der Waals surface area contributed by atoms with Gasteiger partial charge in [-0.2, -0.15) is 0 Å². The number of benzene rings is 1. The molecule has 1 saturated heterocycles. The summed E-state index contributed by atoms with van der Waals surface area (Å²) in [5.74, 6) is 0.809. The molecule has 1 aromatic rings. The van der Waals surface area contributed by atoms with Crippen LogP contribution in [0.15, 0.2) is 22.7 Å². The molecule has 2 aliphatic rings. The monoisotopic (exact) mass is 372 g/mol. The van der Waals surface area contributed by atoms with E-state index in [0.717, 1.165) is 22.1 Å². The van der Waals surface area contributed by atoms with E-state index in [0.29, 0.717) is 12.0 Å². The smallest absolute Gasteiger partial charge is 0.241 e. The lowest BCUT2D eigenvalue weighted by Crippen LogP contribution is -2.40. The Morgan fingerprint density at radius 1 is 1.33 bits per heavy atom. The van der Waals surface area contributed by atoms with Crippen molar-refractivity contribution in [1.82, 2.24) is 5.32 Å². The zero-order valence-electron chi connectivity index (χ0n) is 12.2. The first kappa shape index (κ1) is 16.8. The van der Waals surface area contributed by atoms with Gasteiger partial charge in [-0.15, -0.1) is 12.4 Å². The molecule has 1 aromatic carbocycles.